The third-order valence-corrected chi connectivity index (χ3v) is 5.43. The molecular weight excluding hydrogens is 420 g/mol. The average molecular weight is 451 g/mol. The summed E-state index contributed by atoms with van der Waals surface area (Å²) >= 11 is 0. The summed E-state index contributed by atoms with van der Waals surface area (Å²) in [7, 11) is 0. The summed E-state index contributed by atoms with van der Waals surface area (Å²) in [5, 5.41) is 0. The maximum atomic E-state index is 5.71. The van der Waals surface area contributed by atoms with Gasteiger partial charge in [0.1, 0.15) is 24.7 Å². The summed E-state index contributed by atoms with van der Waals surface area (Å²) in [6, 6.07) is 37.4. The van der Waals surface area contributed by atoms with Crippen LogP contribution >= 0.6 is 0 Å². The first-order valence-corrected chi connectivity index (χ1v) is 11.5. The van der Waals surface area contributed by atoms with Crippen molar-refractivity contribution in [1.82, 2.24) is 0 Å². The van der Waals surface area contributed by atoms with Gasteiger partial charge in [-0.2, -0.15) is 0 Å². The molecule has 0 aliphatic heterocycles. The zero-order valence-corrected chi connectivity index (χ0v) is 19.2. The molecule has 0 amide bonds. The van der Waals surface area contributed by atoms with E-state index in [2.05, 4.69) is 72.8 Å². The molecule has 0 heterocycles. The second-order valence-corrected chi connectivity index (χ2v) is 7.81. The highest BCUT2D eigenvalue weighted by Crippen LogP contribution is 2.37. The van der Waals surface area contributed by atoms with Gasteiger partial charge in [0.15, 0.2) is 0 Å². The Labute approximate surface area is 201 Å². The van der Waals surface area contributed by atoms with E-state index < -0.39 is 0 Å². The molecule has 0 unspecified atom stereocenters. The van der Waals surface area contributed by atoms with E-state index in [9.17, 15) is 0 Å². The molecule has 4 aromatic rings. The molecule has 0 aliphatic rings. The van der Waals surface area contributed by atoms with Gasteiger partial charge in [0.25, 0.3) is 0 Å². The van der Waals surface area contributed by atoms with E-state index in [0.717, 1.165) is 44.9 Å². The Morgan fingerprint density at radius 1 is 0.441 bits per heavy atom. The number of ether oxygens (including phenoxy) is 2. The lowest BCUT2D eigenvalue weighted by Crippen LogP contribution is -2.10. The van der Waals surface area contributed by atoms with E-state index >= 15 is 0 Å². The first kappa shape index (κ1) is 23.3. The fourth-order valence-electron chi connectivity index (χ4n) is 3.91. The minimum absolute atomic E-state index is 0.486. The maximum Gasteiger partial charge on any atom is 0.119 e. The van der Waals surface area contributed by atoms with Crippen molar-refractivity contribution < 1.29 is 9.47 Å². The molecule has 0 saturated carbocycles. The summed E-state index contributed by atoms with van der Waals surface area (Å²) in [6.45, 7) is 1.96. The highest BCUT2D eigenvalue weighted by atomic mass is 16.5. The lowest BCUT2D eigenvalue weighted by atomic mass is 9.86. The van der Waals surface area contributed by atoms with Gasteiger partial charge in [-0.3, -0.25) is 0 Å². The second-order valence-electron chi connectivity index (χ2n) is 7.81. The van der Waals surface area contributed by atoms with Gasteiger partial charge in [0.05, 0.1) is 0 Å². The van der Waals surface area contributed by atoms with Crippen LogP contribution in [-0.2, 0) is 0 Å². The van der Waals surface area contributed by atoms with Crippen molar-refractivity contribution in [3.05, 3.63) is 131 Å². The van der Waals surface area contributed by atoms with Crippen LogP contribution in [0.4, 0.5) is 0 Å². The molecular formula is C30H30N2O2. The Kier molecular flexibility index (Phi) is 8.12. The van der Waals surface area contributed by atoms with Crippen molar-refractivity contribution in [2.45, 2.75) is 0 Å². The van der Waals surface area contributed by atoms with Crippen LogP contribution in [0.2, 0.25) is 0 Å². The maximum absolute atomic E-state index is 5.71. The first-order chi connectivity index (χ1) is 16.8. The Hall–Kier alpha value is -3.86. The topological polar surface area (TPSA) is 70.5 Å². The summed E-state index contributed by atoms with van der Waals surface area (Å²) in [5.41, 5.74) is 18.0. The molecule has 172 valence electrons. The second kappa shape index (κ2) is 11.8. The summed E-state index contributed by atoms with van der Waals surface area (Å²) < 4.78 is 11.4. The Balaban J connectivity index is 1.90. The van der Waals surface area contributed by atoms with Crippen LogP contribution in [0.15, 0.2) is 109 Å². The number of nitrogens with two attached hydrogens (primary N) is 2. The molecule has 0 atom stereocenters. The van der Waals surface area contributed by atoms with Crippen molar-refractivity contribution in [2.24, 2.45) is 11.5 Å². The number of hydrogen-bond acceptors (Lipinski definition) is 4. The summed E-state index contributed by atoms with van der Waals surface area (Å²) in [6.07, 6.45) is 0. The molecule has 4 aromatic carbocycles. The highest BCUT2D eigenvalue weighted by Gasteiger charge is 2.16. The van der Waals surface area contributed by atoms with Crippen molar-refractivity contribution in [1.29, 1.82) is 0 Å². The first-order valence-electron chi connectivity index (χ1n) is 11.5. The van der Waals surface area contributed by atoms with Crippen LogP contribution in [0.3, 0.4) is 0 Å². The van der Waals surface area contributed by atoms with E-state index in [0.29, 0.717) is 26.3 Å². The highest BCUT2D eigenvalue weighted by molar-refractivity contribution is 6.04. The predicted molar refractivity (Wildman–Crippen MR) is 140 cm³/mol. The van der Waals surface area contributed by atoms with Gasteiger partial charge < -0.3 is 20.9 Å². The van der Waals surface area contributed by atoms with Gasteiger partial charge >= 0.3 is 0 Å². The van der Waals surface area contributed by atoms with Gasteiger partial charge in [-0.25, -0.2) is 0 Å². The lowest BCUT2D eigenvalue weighted by Gasteiger charge is -2.19. The molecule has 0 spiro atoms. The number of hydrogen-bond donors (Lipinski definition) is 2. The average Bonchev–Trinajstić information content (AvgIpc) is 2.91. The Morgan fingerprint density at radius 3 is 1.09 bits per heavy atom. The minimum Gasteiger partial charge on any atom is -0.492 e. The Bertz CT molecular complexity index is 1090. The molecule has 34 heavy (non-hydrogen) atoms. The van der Waals surface area contributed by atoms with Crippen molar-refractivity contribution in [3.63, 3.8) is 0 Å². The van der Waals surface area contributed by atoms with Crippen molar-refractivity contribution >= 4 is 11.1 Å². The monoisotopic (exact) mass is 450 g/mol. The molecule has 0 aromatic heterocycles. The summed E-state index contributed by atoms with van der Waals surface area (Å²) in [4.78, 5) is 0. The zero-order valence-electron chi connectivity index (χ0n) is 19.2. The molecule has 0 bridgehead atoms. The SMILES string of the molecule is NCCOc1ccc(/C(=C(\c2ccccc2)c2ccc(OCCN)cc2)c2ccccc2)cc1. The van der Waals surface area contributed by atoms with Crippen LogP contribution in [0.25, 0.3) is 11.1 Å². The smallest absolute Gasteiger partial charge is 0.119 e. The van der Waals surface area contributed by atoms with E-state index in [4.69, 9.17) is 20.9 Å². The van der Waals surface area contributed by atoms with E-state index in [1.165, 1.54) is 0 Å². The van der Waals surface area contributed by atoms with E-state index in [1.807, 2.05) is 36.4 Å². The third-order valence-electron chi connectivity index (χ3n) is 5.43. The molecule has 0 fully saturated rings. The molecule has 0 saturated heterocycles. The largest absolute Gasteiger partial charge is 0.492 e. The van der Waals surface area contributed by atoms with E-state index in [1.54, 1.807) is 0 Å². The van der Waals surface area contributed by atoms with Crippen LogP contribution < -0.4 is 20.9 Å². The number of rotatable bonds is 10. The lowest BCUT2D eigenvalue weighted by molar-refractivity contribution is 0.328. The van der Waals surface area contributed by atoms with Crippen LogP contribution in [-0.4, -0.2) is 26.3 Å². The zero-order chi connectivity index (χ0) is 23.6. The molecule has 4 N–H and O–H groups in total. The van der Waals surface area contributed by atoms with Gasteiger partial charge in [0.2, 0.25) is 0 Å². The Morgan fingerprint density at radius 2 is 0.765 bits per heavy atom. The standard InChI is InChI=1S/C30H30N2O2/c31-19-21-33-27-15-11-25(12-16-27)29(23-7-3-1-4-8-23)30(24-9-5-2-6-10-24)26-13-17-28(18-14-26)34-22-20-32/h1-18H,19-22,31-32H2/b30-29+. The molecule has 0 aliphatic carbocycles. The number of benzene rings is 4. The molecule has 4 nitrogen and oxygen atoms in total. The molecule has 0 radical (unpaired) electrons. The summed E-state index contributed by atoms with van der Waals surface area (Å²) in [5.74, 6) is 1.62. The van der Waals surface area contributed by atoms with Crippen LogP contribution in [0.5, 0.6) is 11.5 Å². The van der Waals surface area contributed by atoms with Gasteiger partial charge in [0, 0.05) is 13.1 Å². The van der Waals surface area contributed by atoms with Gasteiger partial charge in [-0.15, -0.1) is 0 Å². The molecule has 4 rings (SSSR count). The molecule has 4 heteroatoms. The van der Waals surface area contributed by atoms with Crippen molar-refractivity contribution in [3.8, 4) is 11.5 Å². The van der Waals surface area contributed by atoms with Crippen LogP contribution in [0.1, 0.15) is 22.3 Å². The fourth-order valence-corrected chi connectivity index (χ4v) is 3.91. The van der Waals surface area contributed by atoms with E-state index in [-0.39, 0.29) is 0 Å². The fraction of sp³-hybridized carbons (Fsp3) is 0.133. The minimum atomic E-state index is 0.486. The van der Waals surface area contributed by atoms with Crippen molar-refractivity contribution in [2.75, 3.05) is 26.3 Å². The van der Waals surface area contributed by atoms with Gasteiger partial charge in [-0.1, -0.05) is 84.9 Å². The normalized spacial score (nSPS) is 11.6. The van der Waals surface area contributed by atoms with Gasteiger partial charge in [-0.05, 0) is 57.7 Å². The van der Waals surface area contributed by atoms with Crippen LogP contribution in [0, 0.1) is 0 Å². The predicted octanol–water partition coefficient (Wildman–Crippen LogP) is 5.37. The third kappa shape index (κ3) is 5.73. The quantitative estimate of drug-likeness (QED) is 0.319.